The van der Waals surface area contributed by atoms with E-state index in [1.54, 1.807) is 0 Å². The molecule has 0 aliphatic rings. The summed E-state index contributed by atoms with van der Waals surface area (Å²) in [5.41, 5.74) is 0. The molecule has 0 aromatic carbocycles. The first-order chi connectivity index (χ1) is 3.81. The van der Waals surface area contributed by atoms with Gasteiger partial charge in [0.05, 0.1) is 7.11 Å². The molecule has 0 saturated heterocycles. The van der Waals surface area contributed by atoms with E-state index in [4.69, 9.17) is 5.26 Å². The highest BCUT2D eigenvalue weighted by atomic mass is 35.5. The van der Waals surface area contributed by atoms with Crippen LogP contribution in [0.15, 0.2) is 4.99 Å². The molecule has 50 valence electrons. The second kappa shape index (κ2) is 6.92. The third kappa shape index (κ3) is 6.92. The fraction of sp³-hybridized carbons (Fsp3) is 0.250. The van der Waals surface area contributed by atoms with E-state index in [-0.39, 0.29) is 12.4 Å². The van der Waals surface area contributed by atoms with Gasteiger partial charge in [0.2, 0.25) is 6.19 Å². The molecule has 0 spiro atoms. The monoisotopic (exact) mass is 148 g/mol. The van der Waals surface area contributed by atoms with Crippen LogP contribution in [0.3, 0.4) is 0 Å². The zero-order valence-electron chi connectivity index (χ0n) is 4.70. The van der Waals surface area contributed by atoms with E-state index in [0.717, 1.165) is 6.21 Å². The molecule has 0 unspecified atom stereocenters. The predicted octanol–water partition coefficient (Wildman–Crippen LogP) is 0.133. The Morgan fingerprint density at radius 1 is 1.89 bits per heavy atom. The highest BCUT2D eigenvalue weighted by Crippen LogP contribution is 1.65. The maximum atomic E-state index is 10.0. The fourth-order valence-electron chi connectivity index (χ4n) is 0.134. The third-order valence-electron chi connectivity index (χ3n) is 0.429. The van der Waals surface area contributed by atoms with Crippen molar-refractivity contribution in [3.63, 3.8) is 0 Å². The molecule has 9 heavy (non-hydrogen) atoms. The first-order valence-corrected chi connectivity index (χ1v) is 1.81. The van der Waals surface area contributed by atoms with E-state index < -0.39 is 5.97 Å². The number of ether oxygens (including phenoxy) is 1. The van der Waals surface area contributed by atoms with Crippen molar-refractivity contribution in [3.8, 4) is 6.19 Å². The Hall–Kier alpha value is -1.08. The van der Waals surface area contributed by atoms with Gasteiger partial charge in [0.1, 0.15) is 6.21 Å². The third-order valence-corrected chi connectivity index (χ3v) is 0.429. The van der Waals surface area contributed by atoms with Gasteiger partial charge in [0, 0.05) is 0 Å². The molecule has 5 heteroatoms. The Morgan fingerprint density at radius 2 is 2.44 bits per heavy atom. The van der Waals surface area contributed by atoms with Crippen molar-refractivity contribution in [1.82, 2.24) is 0 Å². The Kier molecular flexibility index (Phi) is 8.32. The summed E-state index contributed by atoms with van der Waals surface area (Å²) in [4.78, 5) is 13.0. The number of hydrogen-bond donors (Lipinski definition) is 0. The molecule has 4 nitrogen and oxygen atoms in total. The van der Waals surface area contributed by atoms with Gasteiger partial charge < -0.3 is 4.74 Å². The lowest BCUT2D eigenvalue weighted by molar-refractivity contribution is -0.132. The van der Waals surface area contributed by atoms with Crippen LogP contribution in [0, 0.1) is 11.5 Å². The van der Waals surface area contributed by atoms with Crippen molar-refractivity contribution in [3.05, 3.63) is 0 Å². The van der Waals surface area contributed by atoms with Crippen LogP contribution in [-0.2, 0) is 9.53 Å². The van der Waals surface area contributed by atoms with Gasteiger partial charge in [0.25, 0.3) is 0 Å². The largest absolute Gasteiger partial charge is 0.465 e. The number of nitriles is 1. The number of rotatable bonds is 1. The van der Waals surface area contributed by atoms with Gasteiger partial charge in [-0.05, 0) is 0 Å². The molecule has 0 aliphatic heterocycles. The lowest BCUT2D eigenvalue weighted by Gasteiger charge is -1.83. The molecule has 0 rings (SSSR count). The number of halogens is 1. The first-order valence-electron chi connectivity index (χ1n) is 1.81. The Morgan fingerprint density at radius 3 is 2.78 bits per heavy atom. The standard InChI is InChI=1S/C4H4N2O2.ClH/c1-8-4(7)2-6-3-5;/h2H,1H3;1H/b6-2+;. The van der Waals surface area contributed by atoms with Crippen LogP contribution >= 0.6 is 12.4 Å². The van der Waals surface area contributed by atoms with Crippen molar-refractivity contribution in [1.29, 1.82) is 5.26 Å². The summed E-state index contributed by atoms with van der Waals surface area (Å²) in [7, 11) is 1.21. The Bertz CT molecular complexity index is 149. The van der Waals surface area contributed by atoms with E-state index in [9.17, 15) is 4.79 Å². The summed E-state index contributed by atoms with van der Waals surface area (Å²) in [6.07, 6.45) is 2.21. The van der Waals surface area contributed by atoms with Gasteiger partial charge >= 0.3 is 5.97 Å². The van der Waals surface area contributed by atoms with Gasteiger partial charge in [-0.25, -0.2) is 4.79 Å². The lowest BCUT2D eigenvalue weighted by Crippen LogP contribution is -1.99. The number of methoxy groups -OCH3 is 1. The number of nitrogens with zero attached hydrogens (tertiary/aromatic N) is 2. The minimum Gasteiger partial charge on any atom is -0.465 e. The van der Waals surface area contributed by atoms with E-state index in [1.165, 1.54) is 13.3 Å². The zero-order valence-corrected chi connectivity index (χ0v) is 5.51. The van der Waals surface area contributed by atoms with Crippen LogP contribution in [-0.4, -0.2) is 19.3 Å². The van der Waals surface area contributed by atoms with Crippen LogP contribution in [0.25, 0.3) is 0 Å². The molecule has 0 heterocycles. The van der Waals surface area contributed by atoms with E-state index in [1.807, 2.05) is 0 Å². The van der Waals surface area contributed by atoms with Crippen LogP contribution in [0.2, 0.25) is 0 Å². The molecular formula is C4H5ClN2O2. The maximum absolute atomic E-state index is 10.0. The first kappa shape index (κ1) is 10.8. The molecule has 0 N–H and O–H groups in total. The zero-order chi connectivity index (χ0) is 6.41. The number of carbonyl (C=O) groups excluding carboxylic acids is 1. The molecule has 0 saturated carbocycles. The molecular weight excluding hydrogens is 144 g/mol. The van der Waals surface area contributed by atoms with Crippen molar-refractivity contribution < 1.29 is 9.53 Å². The normalized spacial score (nSPS) is 7.56. The van der Waals surface area contributed by atoms with Crippen molar-refractivity contribution in [2.24, 2.45) is 4.99 Å². The summed E-state index contributed by atoms with van der Waals surface area (Å²) >= 11 is 0. The lowest BCUT2D eigenvalue weighted by atomic mass is 10.7. The van der Waals surface area contributed by atoms with Gasteiger partial charge in [-0.2, -0.15) is 10.3 Å². The predicted molar refractivity (Wildman–Crippen MR) is 33.4 cm³/mol. The SMILES string of the molecule is COC(=O)/C=N/C#N.Cl. The molecule has 0 aromatic rings. The molecule has 0 bridgehead atoms. The highest BCUT2D eigenvalue weighted by molar-refractivity contribution is 6.23. The number of aliphatic imine (C=N–C) groups is 1. The summed E-state index contributed by atoms with van der Waals surface area (Å²) in [6.45, 7) is 0. The second-order valence-electron chi connectivity index (χ2n) is 0.881. The van der Waals surface area contributed by atoms with E-state index >= 15 is 0 Å². The van der Waals surface area contributed by atoms with Crippen molar-refractivity contribution >= 4 is 24.6 Å². The number of carbonyl (C=O) groups is 1. The summed E-state index contributed by atoms with van der Waals surface area (Å²) < 4.78 is 4.11. The number of esters is 1. The Balaban J connectivity index is 0. The quantitative estimate of drug-likeness (QED) is 0.302. The molecule has 0 fully saturated rings. The smallest absolute Gasteiger partial charge is 0.350 e. The topological polar surface area (TPSA) is 62.4 Å². The van der Waals surface area contributed by atoms with Crippen molar-refractivity contribution in [2.75, 3.05) is 7.11 Å². The van der Waals surface area contributed by atoms with Gasteiger partial charge in [-0.1, -0.05) is 0 Å². The number of hydrogen-bond acceptors (Lipinski definition) is 4. The average molecular weight is 149 g/mol. The fourth-order valence-corrected chi connectivity index (χ4v) is 0.134. The van der Waals surface area contributed by atoms with E-state index in [0.29, 0.717) is 0 Å². The van der Waals surface area contributed by atoms with Gasteiger partial charge in [-0.15, -0.1) is 12.4 Å². The van der Waals surface area contributed by atoms with Crippen molar-refractivity contribution in [2.45, 2.75) is 0 Å². The van der Waals surface area contributed by atoms with Crippen LogP contribution in [0.1, 0.15) is 0 Å². The molecule has 0 atom stereocenters. The Labute approximate surface area is 58.6 Å². The summed E-state index contributed by atoms with van der Waals surface area (Å²) in [6, 6.07) is 0. The van der Waals surface area contributed by atoms with Crippen LogP contribution < -0.4 is 0 Å². The van der Waals surface area contributed by atoms with Crippen LogP contribution in [0.4, 0.5) is 0 Å². The minimum atomic E-state index is -0.619. The maximum Gasteiger partial charge on any atom is 0.350 e. The van der Waals surface area contributed by atoms with E-state index in [2.05, 4.69) is 9.73 Å². The second-order valence-corrected chi connectivity index (χ2v) is 0.881. The highest BCUT2D eigenvalue weighted by Gasteiger charge is 1.87. The molecule has 0 amide bonds. The average Bonchev–Trinajstić information content (AvgIpc) is 1.83. The minimum absolute atomic E-state index is 0. The summed E-state index contributed by atoms with van der Waals surface area (Å²) in [5.74, 6) is -0.619. The molecule has 0 aliphatic carbocycles. The molecule has 0 aromatic heterocycles. The van der Waals surface area contributed by atoms with Gasteiger partial charge in [0.15, 0.2) is 0 Å². The summed E-state index contributed by atoms with van der Waals surface area (Å²) in [5, 5.41) is 7.75. The molecule has 0 radical (unpaired) electrons. The van der Waals surface area contributed by atoms with Gasteiger partial charge in [-0.3, -0.25) is 0 Å². The van der Waals surface area contributed by atoms with Crippen LogP contribution in [0.5, 0.6) is 0 Å².